The van der Waals surface area contributed by atoms with E-state index in [-0.39, 0.29) is 11.8 Å². The Balaban J connectivity index is 2.35. The summed E-state index contributed by atoms with van der Waals surface area (Å²) in [6.45, 7) is 3.57. The molecule has 0 saturated carbocycles. The number of para-hydroxylation sites is 1. The second kappa shape index (κ2) is 6.46. The lowest BCUT2D eigenvalue weighted by Crippen LogP contribution is -2.46. The van der Waals surface area contributed by atoms with E-state index in [2.05, 4.69) is 23.2 Å². The number of anilines is 1. The van der Waals surface area contributed by atoms with Gasteiger partial charge in [0.2, 0.25) is 5.91 Å². The SMILES string of the molecule is CNCc1cccc(Cl)c1N1CC(C(N)=O)CCC1C. The van der Waals surface area contributed by atoms with Gasteiger partial charge in [-0.1, -0.05) is 23.7 Å². The highest BCUT2D eigenvalue weighted by Gasteiger charge is 2.30. The van der Waals surface area contributed by atoms with Crippen molar-refractivity contribution in [1.29, 1.82) is 0 Å². The van der Waals surface area contributed by atoms with Gasteiger partial charge < -0.3 is 16.0 Å². The average molecular weight is 296 g/mol. The van der Waals surface area contributed by atoms with Crippen LogP contribution in [0.3, 0.4) is 0 Å². The van der Waals surface area contributed by atoms with Crippen LogP contribution in [0.4, 0.5) is 5.69 Å². The van der Waals surface area contributed by atoms with Crippen molar-refractivity contribution in [2.75, 3.05) is 18.5 Å². The minimum Gasteiger partial charge on any atom is -0.369 e. The Morgan fingerprint density at radius 3 is 2.90 bits per heavy atom. The maximum atomic E-state index is 11.5. The number of nitrogens with two attached hydrogens (primary N) is 1. The van der Waals surface area contributed by atoms with Gasteiger partial charge in [-0.15, -0.1) is 0 Å². The standard InChI is InChI=1S/C15H22ClN3O/c1-10-6-7-12(15(17)20)9-19(10)14-11(8-18-2)4-3-5-13(14)16/h3-5,10,12,18H,6-9H2,1-2H3,(H2,17,20). The summed E-state index contributed by atoms with van der Waals surface area (Å²) in [6.07, 6.45) is 1.82. The van der Waals surface area contributed by atoms with Crippen molar-refractivity contribution in [3.8, 4) is 0 Å². The highest BCUT2D eigenvalue weighted by molar-refractivity contribution is 6.33. The predicted octanol–water partition coefficient (Wildman–Crippen LogP) is 2.15. The van der Waals surface area contributed by atoms with Gasteiger partial charge in [0, 0.05) is 19.1 Å². The van der Waals surface area contributed by atoms with Crippen molar-refractivity contribution in [2.24, 2.45) is 11.7 Å². The number of primary amides is 1. The first-order valence-electron chi connectivity index (χ1n) is 7.02. The number of piperidine rings is 1. The first-order valence-corrected chi connectivity index (χ1v) is 7.40. The Kier molecular flexibility index (Phi) is 4.89. The largest absolute Gasteiger partial charge is 0.369 e. The van der Waals surface area contributed by atoms with Gasteiger partial charge in [0.1, 0.15) is 0 Å². The minimum absolute atomic E-state index is 0.0927. The number of hydrogen-bond donors (Lipinski definition) is 2. The normalized spacial score (nSPS) is 22.9. The molecule has 1 heterocycles. The lowest BCUT2D eigenvalue weighted by Gasteiger charge is -2.40. The molecule has 1 amide bonds. The van der Waals surface area contributed by atoms with Crippen LogP contribution in [0.5, 0.6) is 0 Å². The fraction of sp³-hybridized carbons (Fsp3) is 0.533. The molecule has 0 aliphatic carbocycles. The summed E-state index contributed by atoms with van der Waals surface area (Å²) in [5.41, 5.74) is 7.66. The fourth-order valence-corrected chi connectivity index (χ4v) is 3.17. The molecule has 2 unspecified atom stereocenters. The molecule has 5 heteroatoms. The van der Waals surface area contributed by atoms with Crippen molar-refractivity contribution in [3.05, 3.63) is 28.8 Å². The molecular weight excluding hydrogens is 274 g/mol. The molecular formula is C15H22ClN3O. The third-order valence-corrected chi connectivity index (χ3v) is 4.31. The first-order chi connectivity index (χ1) is 9.54. The smallest absolute Gasteiger partial charge is 0.222 e. The Labute approximate surface area is 125 Å². The fourth-order valence-electron chi connectivity index (χ4n) is 2.87. The van der Waals surface area contributed by atoms with E-state index in [4.69, 9.17) is 17.3 Å². The number of halogens is 1. The van der Waals surface area contributed by atoms with E-state index in [1.165, 1.54) is 0 Å². The zero-order chi connectivity index (χ0) is 14.7. The summed E-state index contributed by atoms with van der Waals surface area (Å²) in [6, 6.07) is 6.29. The number of amides is 1. The Bertz CT molecular complexity index is 492. The third kappa shape index (κ3) is 3.07. The number of nitrogens with zero attached hydrogens (tertiary/aromatic N) is 1. The highest BCUT2D eigenvalue weighted by Crippen LogP contribution is 2.35. The van der Waals surface area contributed by atoms with Gasteiger partial charge in [-0.25, -0.2) is 0 Å². The lowest BCUT2D eigenvalue weighted by atomic mass is 9.92. The molecule has 4 nitrogen and oxygen atoms in total. The van der Waals surface area contributed by atoms with E-state index in [0.29, 0.717) is 12.6 Å². The van der Waals surface area contributed by atoms with Crippen LogP contribution in [0.2, 0.25) is 5.02 Å². The molecule has 2 rings (SSSR count). The van der Waals surface area contributed by atoms with Gasteiger partial charge in [-0.05, 0) is 38.4 Å². The maximum absolute atomic E-state index is 11.5. The minimum atomic E-state index is -0.218. The van der Waals surface area contributed by atoms with E-state index >= 15 is 0 Å². The zero-order valence-corrected chi connectivity index (χ0v) is 12.8. The van der Waals surface area contributed by atoms with Crippen LogP contribution < -0.4 is 16.0 Å². The molecule has 1 saturated heterocycles. The van der Waals surface area contributed by atoms with Crippen LogP contribution in [-0.4, -0.2) is 25.5 Å². The molecule has 1 aliphatic heterocycles. The van der Waals surface area contributed by atoms with Gasteiger partial charge in [-0.2, -0.15) is 0 Å². The number of carbonyl (C=O) groups excluding carboxylic acids is 1. The summed E-state index contributed by atoms with van der Waals surface area (Å²) < 4.78 is 0. The van der Waals surface area contributed by atoms with Crippen LogP contribution >= 0.6 is 11.6 Å². The van der Waals surface area contributed by atoms with Crippen molar-refractivity contribution in [3.63, 3.8) is 0 Å². The Morgan fingerprint density at radius 2 is 2.25 bits per heavy atom. The zero-order valence-electron chi connectivity index (χ0n) is 12.0. The highest BCUT2D eigenvalue weighted by atomic mass is 35.5. The monoisotopic (exact) mass is 295 g/mol. The Hall–Kier alpha value is -1.26. The second-order valence-corrected chi connectivity index (χ2v) is 5.86. The van der Waals surface area contributed by atoms with Gasteiger partial charge >= 0.3 is 0 Å². The van der Waals surface area contributed by atoms with Crippen LogP contribution in [-0.2, 0) is 11.3 Å². The topological polar surface area (TPSA) is 58.4 Å². The number of benzene rings is 1. The molecule has 0 radical (unpaired) electrons. The number of carbonyl (C=O) groups is 1. The number of hydrogen-bond acceptors (Lipinski definition) is 3. The summed E-state index contributed by atoms with van der Waals surface area (Å²) in [5.74, 6) is -0.311. The summed E-state index contributed by atoms with van der Waals surface area (Å²) >= 11 is 6.41. The molecule has 1 aromatic rings. The number of nitrogens with one attached hydrogen (secondary N) is 1. The molecule has 0 bridgehead atoms. The van der Waals surface area contributed by atoms with E-state index < -0.39 is 0 Å². The molecule has 0 spiro atoms. The molecule has 3 N–H and O–H groups in total. The average Bonchev–Trinajstić information content (AvgIpc) is 2.40. The van der Waals surface area contributed by atoms with E-state index in [0.717, 1.165) is 35.7 Å². The van der Waals surface area contributed by atoms with Crippen molar-refractivity contribution in [1.82, 2.24) is 5.32 Å². The van der Waals surface area contributed by atoms with E-state index in [1.807, 2.05) is 19.2 Å². The molecule has 2 atom stereocenters. The van der Waals surface area contributed by atoms with Gasteiger partial charge in [0.15, 0.2) is 0 Å². The third-order valence-electron chi connectivity index (χ3n) is 4.01. The van der Waals surface area contributed by atoms with Crippen molar-refractivity contribution < 1.29 is 4.79 Å². The van der Waals surface area contributed by atoms with Crippen molar-refractivity contribution in [2.45, 2.75) is 32.4 Å². The second-order valence-electron chi connectivity index (χ2n) is 5.46. The molecule has 1 aromatic carbocycles. The number of rotatable bonds is 4. The summed E-state index contributed by atoms with van der Waals surface area (Å²) in [4.78, 5) is 13.7. The lowest BCUT2D eigenvalue weighted by molar-refractivity contribution is -0.122. The van der Waals surface area contributed by atoms with Gasteiger partial charge in [-0.3, -0.25) is 4.79 Å². The van der Waals surface area contributed by atoms with E-state index in [1.54, 1.807) is 0 Å². The molecule has 20 heavy (non-hydrogen) atoms. The van der Waals surface area contributed by atoms with Gasteiger partial charge in [0.05, 0.1) is 16.6 Å². The van der Waals surface area contributed by atoms with Crippen LogP contribution in [0.1, 0.15) is 25.3 Å². The van der Waals surface area contributed by atoms with Crippen molar-refractivity contribution >= 4 is 23.2 Å². The Morgan fingerprint density at radius 1 is 1.50 bits per heavy atom. The summed E-state index contributed by atoms with van der Waals surface area (Å²) in [5, 5.41) is 3.89. The van der Waals surface area contributed by atoms with Crippen LogP contribution in [0.25, 0.3) is 0 Å². The van der Waals surface area contributed by atoms with Crippen LogP contribution in [0, 0.1) is 5.92 Å². The molecule has 1 fully saturated rings. The predicted molar refractivity (Wildman–Crippen MR) is 82.9 cm³/mol. The van der Waals surface area contributed by atoms with Crippen LogP contribution in [0.15, 0.2) is 18.2 Å². The quantitative estimate of drug-likeness (QED) is 0.895. The maximum Gasteiger partial charge on any atom is 0.222 e. The summed E-state index contributed by atoms with van der Waals surface area (Å²) in [7, 11) is 1.91. The van der Waals surface area contributed by atoms with E-state index in [9.17, 15) is 4.79 Å². The molecule has 0 aromatic heterocycles. The van der Waals surface area contributed by atoms with Gasteiger partial charge in [0.25, 0.3) is 0 Å². The first kappa shape index (κ1) is 15.1. The molecule has 1 aliphatic rings. The molecule has 110 valence electrons.